The maximum Gasteiger partial charge on any atom is 0.307 e. The average molecular weight is 249 g/mol. The van der Waals surface area contributed by atoms with Crippen molar-refractivity contribution in [2.24, 2.45) is 5.92 Å². The van der Waals surface area contributed by atoms with Crippen LogP contribution < -0.4 is 4.90 Å². The minimum absolute atomic E-state index is 0.00390. The van der Waals surface area contributed by atoms with Gasteiger partial charge in [-0.05, 0) is 23.6 Å². The Morgan fingerprint density at radius 3 is 2.22 bits per heavy atom. The summed E-state index contributed by atoms with van der Waals surface area (Å²) in [5.74, 6) is -0.464. The molecule has 4 nitrogen and oxygen atoms in total. The van der Waals surface area contributed by atoms with Gasteiger partial charge in [-0.25, -0.2) is 0 Å². The Hall–Kier alpha value is -1.84. The molecule has 0 fully saturated rings. The minimum atomic E-state index is -0.855. The lowest BCUT2D eigenvalue weighted by Gasteiger charge is -2.18. The van der Waals surface area contributed by atoms with Gasteiger partial charge >= 0.3 is 5.97 Å². The molecule has 4 heteroatoms. The second-order valence-corrected chi connectivity index (χ2v) is 4.79. The number of aliphatic carboxylic acids is 1. The highest BCUT2D eigenvalue weighted by atomic mass is 16.4. The summed E-state index contributed by atoms with van der Waals surface area (Å²) in [6.45, 7) is 4.00. The summed E-state index contributed by atoms with van der Waals surface area (Å²) in [5.41, 5.74) is 1.52. The Kier molecular flexibility index (Phi) is 4.89. The first-order chi connectivity index (χ1) is 8.40. The van der Waals surface area contributed by atoms with Gasteiger partial charge in [0.2, 0.25) is 5.91 Å². The highest BCUT2D eigenvalue weighted by molar-refractivity contribution is 5.92. The molecule has 0 aliphatic carbocycles. The fraction of sp³-hybridized carbons (Fsp3) is 0.429. The fourth-order valence-corrected chi connectivity index (χ4v) is 1.64. The van der Waals surface area contributed by atoms with Crippen molar-refractivity contribution < 1.29 is 14.7 Å². The number of hydrogen-bond donors (Lipinski definition) is 1. The van der Waals surface area contributed by atoms with E-state index in [1.165, 1.54) is 0 Å². The molecule has 0 bridgehead atoms. The minimum Gasteiger partial charge on any atom is -0.481 e. The summed E-state index contributed by atoms with van der Waals surface area (Å²) >= 11 is 0. The van der Waals surface area contributed by atoms with Crippen LogP contribution in [0.3, 0.4) is 0 Å². The van der Waals surface area contributed by atoms with Crippen LogP contribution in [0.25, 0.3) is 0 Å². The Morgan fingerprint density at radius 2 is 1.78 bits per heavy atom. The second kappa shape index (κ2) is 6.19. The van der Waals surface area contributed by atoms with Crippen LogP contribution in [0.15, 0.2) is 24.3 Å². The number of carboxylic acid groups (broad SMARTS) is 1. The van der Waals surface area contributed by atoms with Crippen molar-refractivity contribution in [1.82, 2.24) is 0 Å². The number of rotatable bonds is 5. The molecule has 18 heavy (non-hydrogen) atoms. The predicted octanol–water partition coefficient (Wildman–Crippen LogP) is 2.32. The molecule has 1 amide bonds. The van der Waals surface area contributed by atoms with Crippen molar-refractivity contribution >= 4 is 17.6 Å². The summed E-state index contributed by atoms with van der Waals surface area (Å²) in [5, 5.41) is 8.67. The number of carbonyl (C=O) groups excluding carboxylic acids is 1. The van der Waals surface area contributed by atoms with Crippen LogP contribution in [-0.2, 0) is 16.0 Å². The van der Waals surface area contributed by atoms with E-state index in [1.54, 1.807) is 36.2 Å². The SMILES string of the molecule is CC(C)CC(=O)N(C)c1ccc(CC(=O)O)cc1. The number of nitrogens with zero attached hydrogens (tertiary/aromatic N) is 1. The van der Waals surface area contributed by atoms with E-state index in [1.807, 2.05) is 13.8 Å². The number of hydrogen-bond acceptors (Lipinski definition) is 2. The van der Waals surface area contributed by atoms with Crippen LogP contribution in [-0.4, -0.2) is 24.0 Å². The maximum absolute atomic E-state index is 11.8. The third-order valence-corrected chi connectivity index (χ3v) is 2.64. The molecule has 0 saturated carbocycles. The van der Waals surface area contributed by atoms with Gasteiger partial charge in [0.05, 0.1) is 6.42 Å². The van der Waals surface area contributed by atoms with E-state index in [0.717, 1.165) is 11.3 Å². The Balaban J connectivity index is 2.72. The molecule has 0 aromatic heterocycles. The van der Waals surface area contributed by atoms with Gasteiger partial charge in [0.25, 0.3) is 0 Å². The van der Waals surface area contributed by atoms with Crippen molar-refractivity contribution in [3.63, 3.8) is 0 Å². The zero-order valence-electron chi connectivity index (χ0n) is 11.0. The quantitative estimate of drug-likeness (QED) is 0.871. The molecule has 0 atom stereocenters. The Morgan fingerprint density at radius 1 is 1.22 bits per heavy atom. The molecular weight excluding hydrogens is 230 g/mol. The zero-order chi connectivity index (χ0) is 13.7. The summed E-state index contributed by atoms with van der Waals surface area (Å²) < 4.78 is 0. The number of carbonyl (C=O) groups is 2. The summed E-state index contributed by atoms with van der Waals surface area (Å²) in [6.07, 6.45) is 0.511. The molecule has 1 N–H and O–H groups in total. The first-order valence-electron chi connectivity index (χ1n) is 5.97. The number of carboxylic acids is 1. The molecular formula is C14H19NO3. The third-order valence-electron chi connectivity index (χ3n) is 2.64. The molecule has 0 spiro atoms. The third kappa shape index (κ3) is 4.20. The smallest absolute Gasteiger partial charge is 0.307 e. The number of amides is 1. The summed E-state index contributed by atoms with van der Waals surface area (Å²) in [6, 6.07) is 7.03. The van der Waals surface area contributed by atoms with Crippen molar-refractivity contribution in [3.05, 3.63) is 29.8 Å². The van der Waals surface area contributed by atoms with E-state index >= 15 is 0 Å². The van der Waals surface area contributed by atoms with E-state index < -0.39 is 5.97 Å². The lowest BCUT2D eigenvalue weighted by atomic mass is 10.1. The van der Waals surface area contributed by atoms with E-state index in [0.29, 0.717) is 12.3 Å². The predicted molar refractivity (Wildman–Crippen MR) is 70.6 cm³/mol. The van der Waals surface area contributed by atoms with E-state index in [9.17, 15) is 9.59 Å². The van der Waals surface area contributed by atoms with E-state index in [4.69, 9.17) is 5.11 Å². The van der Waals surface area contributed by atoms with Crippen molar-refractivity contribution in [1.29, 1.82) is 0 Å². The lowest BCUT2D eigenvalue weighted by Crippen LogP contribution is -2.27. The van der Waals surface area contributed by atoms with Gasteiger partial charge in [0.1, 0.15) is 0 Å². The van der Waals surface area contributed by atoms with Gasteiger partial charge < -0.3 is 10.0 Å². The molecule has 0 aliphatic rings. The lowest BCUT2D eigenvalue weighted by molar-refractivity contribution is -0.136. The monoisotopic (exact) mass is 249 g/mol. The van der Waals surface area contributed by atoms with E-state index in [2.05, 4.69) is 0 Å². The molecule has 0 unspecified atom stereocenters. The van der Waals surface area contributed by atoms with E-state index in [-0.39, 0.29) is 12.3 Å². The van der Waals surface area contributed by atoms with Gasteiger partial charge in [-0.1, -0.05) is 26.0 Å². The summed E-state index contributed by atoms with van der Waals surface area (Å²) in [7, 11) is 1.73. The standard InChI is InChI=1S/C14H19NO3/c1-10(2)8-13(16)15(3)12-6-4-11(5-7-12)9-14(17)18/h4-7,10H,8-9H2,1-3H3,(H,17,18). The van der Waals surface area contributed by atoms with Gasteiger partial charge in [-0.15, -0.1) is 0 Å². The van der Waals surface area contributed by atoms with Gasteiger partial charge in [0.15, 0.2) is 0 Å². The topological polar surface area (TPSA) is 57.6 Å². The molecule has 0 aliphatic heterocycles. The van der Waals surface area contributed by atoms with Crippen molar-refractivity contribution in [3.8, 4) is 0 Å². The fourth-order valence-electron chi connectivity index (χ4n) is 1.64. The van der Waals surface area contributed by atoms with Crippen LogP contribution in [0, 0.1) is 5.92 Å². The van der Waals surface area contributed by atoms with Crippen LogP contribution in [0.4, 0.5) is 5.69 Å². The Bertz CT molecular complexity index is 423. The highest BCUT2D eigenvalue weighted by Gasteiger charge is 2.12. The molecule has 0 radical (unpaired) electrons. The largest absolute Gasteiger partial charge is 0.481 e. The van der Waals surface area contributed by atoms with Crippen LogP contribution in [0.5, 0.6) is 0 Å². The van der Waals surface area contributed by atoms with Crippen LogP contribution in [0.2, 0.25) is 0 Å². The van der Waals surface area contributed by atoms with Gasteiger partial charge in [-0.2, -0.15) is 0 Å². The van der Waals surface area contributed by atoms with Gasteiger partial charge in [0, 0.05) is 19.2 Å². The van der Waals surface area contributed by atoms with Crippen LogP contribution in [0.1, 0.15) is 25.8 Å². The second-order valence-electron chi connectivity index (χ2n) is 4.79. The molecule has 1 aromatic rings. The molecule has 1 aromatic carbocycles. The Labute approximate surface area is 107 Å². The average Bonchev–Trinajstić information content (AvgIpc) is 2.27. The number of anilines is 1. The van der Waals surface area contributed by atoms with Crippen molar-refractivity contribution in [2.75, 3.05) is 11.9 Å². The first-order valence-corrected chi connectivity index (χ1v) is 5.97. The first kappa shape index (κ1) is 14.2. The molecule has 98 valence electrons. The normalized spacial score (nSPS) is 10.4. The maximum atomic E-state index is 11.8. The number of benzene rings is 1. The van der Waals surface area contributed by atoms with Crippen LogP contribution >= 0.6 is 0 Å². The van der Waals surface area contributed by atoms with Gasteiger partial charge in [-0.3, -0.25) is 9.59 Å². The zero-order valence-corrected chi connectivity index (χ0v) is 11.0. The highest BCUT2D eigenvalue weighted by Crippen LogP contribution is 2.16. The molecule has 1 rings (SSSR count). The molecule has 0 heterocycles. The summed E-state index contributed by atoms with van der Waals surface area (Å²) in [4.78, 5) is 24.0. The molecule has 0 saturated heterocycles. The van der Waals surface area contributed by atoms with Crippen molar-refractivity contribution in [2.45, 2.75) is 26.7 Å².